The van der Waals surface area contributed by atoms with Crippen LogP contribution in [0.2, 0.25) is 0 Å². The molecule has 0 saturated carbocycles. The van der Waals surface area contributed by atoms with Gasteiger partial charge in [0.1, 0.15) is 16.4 Å². The Morgan fingerprint density at radius 2 is 1.88 bits per heavy atom. The van der Waals surface area contributed by atoms with E-state index in [1.54, 1.807) is 11.9 Å². The number of anilines is 2. The number of carbonyl (C=O) groups excluding carboxylic acids is 1. The van der Waals surface area contributed by atoms with Gasteiger partial charge in [-0.2, -0.15) is 13.2 Å². The third-order valence-electron chi connectivity index (χ3n) is 5.35. The predicted octanol–water partition coefficient (Wildman–Crippen LogP) is 3.88. The molecule has 34 heavy (non-hydrogen) atoms. The summed E-state index contributed by atoms with van der Waals surface area (Å²) in [5.41, 5.74) is 4.72. The van der Waals surface area contributed by atoms with E-state index < -0.39 is 49.9 Å². The van der Waals surface area contributed by atoms with Crippen LogP contribution in [-0.2, 0) is 27.4 Å². The second-order valence-electron chi connectivity index (χ2n) is 8.04. The zero-order valence-corrected chi connectivity index (χ0v) is 20.1. The van der Waals surface area contributed by atoms with Gasteiger partial charge in [0.05, 0.1) is 11.6 Å². The van der Waals surface area contributed by atoms with Crippen molar-refractivity contribution < 1.29 is 30.8 Å². The summed E-state index contributed by atoms with van der Waals surface area (Å²) in [5, 5.41) is 2.62. The van der Waals surface area contributed by atoms with Crippen molar-refractivity contribution in [2.24, 2.45) is 0 Å². The molecule has 1 aromatic carbocycles. The number of unbranched alkanes of at least 4 members (excludes halogenated alkanes) is 1. The maximum atomic E-state index is 14.5. The van der Waals surface area contributed by atoms with Crippen molar-refractivity contribution in [3.05, 3.63) is 46.9 Å². The average Bonchev–Trinajstić information content (AvgIpc) is 2.75. The fraction of sp³-hybridized carbons (Fsp3) is 0.455. The number of hydrogen-bond donors (Lipinski definition) is 2. The zero-order chi connectivity index (χ0) is 25.8. The second kappa shape index (κ2) is 10.6. The molecule has 1 aromatic heterocycles. The third-order valence-corrected chi connectivity index (χ3v) is 6.46. The van der Waals surface area contributed by atoms with Gasteiger partial charge in [-0.25, -0.2) is 17.8 Å². The van der Waals surface area contributed by atoms with Crippen LogP contribution in [0.5, 0.6) is 0 Å². The normalized spacial score (nSPS) is 12.9. The van der Waals surface area contributed by atoms with Crippen LogP contribution in [0.3, 0.4) is 0 Å². The number of hydrogen-bond acceptors (Lipinski definition) is 6. The van der Waals surface area contributed by atoms with Gasteiger partial charge in [-0.3, -0.25) is 4.79 Å². The number of aromatic nitrogens is 1. The minimum atomic E-state index is -4.61. The molecular formula is C22H28F4N4O3S. The van der Waals surface area contributed by atoms with Gasteiger partial charge in [0, 0.05) is 32.0 Å². The molecule has 1 amide bonds. The molecular weight excluding hydrogens is 476 g/mol. The summed E-state index contributed by atoms with van der Waals surface area (Å²) in [7, 11) is -2.22. The molecule has 1 atom stereocenters. The lowest BCUT2D eigenvalue weighted by atomic mass is 9.98. The Bertz CT molecular complexity index is 1150. The minimum Gasteiger partial charge on any atom is -0.396 e. The highest BCUT2D eigenvalue weighted by atomic mass is 32.2. The van der Waals surface area contributed by atoms with Crippen molar-refractivity contribution in [1.82, 2.24) is 10.3 Å². The second-order valence-corrected chi connectivity index (χ2v) is 10.0. The van der Waals surface area contributed by atoms with E-state index in [9.17, 15) is 30.8 Å². The van der Waals surface area contributed by atoms with Gasteiger partial charge in [0.15, 0.2) is 15.7 Å². The number of halogens is 4. The molecule has 0 bridgehead atoms. The summed E-state index contributed by atoms with van der Waals surface area (Å²) in [5.74, 6) is -2.56. The average molecular weight is 505 g/mol. The first kappa shape index (κ1) is 27.4. The summed E-state index contributed by atoms with van der Waals surface area (Å²) in [6, 6.07) is 4.41. The van der Waals surface area contributed by atoms with Crippen LogP contribution in [0.25, 0.3) is 0 Å². The smallest absolute Gasteiger partial charge is 0.396 e. The molecule has 12 heteroatoms. The van der Waals surface area contributed by atoms with Gasteiger partial charge in [0.25, 0.3) is 0 Å². The van der Waals surface area contributed by atoms with Gasteiger partial charge in [-0.1, -0.05) is 25.5 Å². The maximum Gasteiger partial charge on any atom is 0.433 e. The Balaban J connectivity index is 2.27. The molecule has 0 aliphatic heterocycles. The fourth-order valence-corrected chi connectivity index (χ4v) is 4.08. The first-order valence-electron chi connectivity index (χ1n) is 10.5. The summed E-state index contributed by atoms with van der Waals surface area (Å²) >= 11 is 0. The quantitative estimate of drug-likeness (QED) is 0.397. The minimum absolute atomic E-state index is 0.0910. The van der Waals surface area contributed by atoms with E-state index in [1.165, 1.54) is 19.1 Å². The van der Waals surface area contributed by atoms with Crippen LogP contribution in [0.1, 0.15) is 49.4 Å². The molecule has 2 rings (SSSR count). The van der Waals surface area contributed by atoms with Crippen LogP contribution < -0.4 is 16.0 Å². The van der Waals surface area contributed by atoms with Gasteiger partial charge in [-0.15, -0.1) is 0 Å². The lowest BCUT2D eigenvalue weighted by Gasteiger charge is -2.23. The van der Waals surface area contributed by atoms with E-state index in [2.05, 4.69) is 10.3 Å². The van der Waals surface area contributed by atoms with Crippen LogP contribution in [-0.4, -0.2) is 39.2 Å². The van der Waals surface area contributed by atoms with E-state index in [0.29, 0.717) is 12.1 Å². The molecule has 0 aliphatic carbocycles. The number of rotatable bonds is 9. The monoisotopic (exact) mass is 504 g/mol. The number of alkyl halides is 3. The van der Waals surface area contributed by atoms with E-state index in [4.69, 9.17) is 5.73 Å². The van der Waals surface area contributed by atoms with Gasteiger partial charge in [0.2, 0.25) is 5.91 Å². The van der Waals surface area contributed by atoms with Crippen molar-refractivity contribution in [2.75, 3.05) is 30.5 Å². The van der Waals surface area contributed by atoms with E-state index >= 15 is 0 Å². The molecule has 2 aromatic rings. The van der Waals surface area contributed by atoms with Crippen molar-refractivity contribution in [3.63, 3.8) is 0 Å². The molecule has 0 radical (unpaired) electrons. The van der Waals surface area contributed by atoms with Crippen LogP contribution in [0.4, 0.5) is 29.1 Å². The number of carbonyl (C=O) groups is 1. The molecule has 0 spiro atoms. The Hall–Kier alpha value is -2.89. The number of nitrogens with one attached hydrogen (secondary N) is 1. The number of pyridine rings is 1. The van der Waals surface area contributed by atoms with Gasteiger partial charge >= 0.3 is 6.18 Å². The summed E-state index contributed by atoms with van der Waals surface area (Å²) in [6.07, 6.45) is -2.20. The molecule has 188 valence electrons. The first-order chi connectivity index (χ1) is 15.7. The molecule has 0 saturated heterocycles. The number of benzene rings is 1. The fourth-order valence-electron chi connectivity index (χ4n) is 3.33. The number of nitrogen functional groups attached to an aromatic ring is 1. The Labute approximate surface area is 196 Å². The lowest BCUT2D eigenvalue weighted by molar-refractivity contribution is -0.141. The standard InChI is InChI=1S/C22H28F4N4O3S/c1-5-6-11-30(3)20-14(7-10-17(29-20)22(24,25)26)12-28-21(31)13(2)15-8-9-16(34(4,32)33)18(23)19(15)27/h7-10,13H,5-6,11-12,27H2,1-4H3,(H,28,31). The molecule has 1 heterocycles. The highest BCUT2D eigenvalue weighted by Gasteiger charge is 2.33. The highest BCUT2D eigenvalue weighted by Crippen LogP contribution is 2.31. The SMILES string of the molecule is CCCCN(C)c1nc(C(F)(F)F)ccc1CNC(=O)C(C)c1ccc(S(C)(=O)=O)c(F)c1N. The molecule has 7 nitrogen and oxygen atoms in total. The molecule has 0 aliphatic rings. The summed E-state index contributed by atoms with van der Waals surface area (Å²) in [6.45, 7) is 3.77. The molecule has 3 N–H and O–H groups in total. The van der Waals surface area contributed by atoms with Crippen molar-refractivity contribution in [2.45, 2.75) is 50.2 Å². The Kier molecular flexibility index (Phi) is 8.51. The number of nitrogens with zero attached hydrogens (tertiary/aromatic N) is 2. The Morgan fingerprint density at radius 3 is 2.44 bits per heavy atom. The molecule has 1 unspecified atom stereocenters. The topological polar surface area (TPSA) is 105 Å². The predicted molar refractivity (Wildman–Crippen MR) is 122 cm³/mol. The Morgan fingerprint density at radius 1 is 1.24 bits per heavy atom. The van der Waals surface area contributed by atoms with Crippen LogP contribution in [0, 0.1) is 5.82 Å². The largest absolute Gasteiger partial charge is 0.433 e. The van der Waals surface area contributed by atoms with Crippen molar-refractivity contribution in [1.29, 1.82) is 0 Å². The van der Waals surface area contributed by atoms with E-state index in [-0.39, 0.29) is 17.9 Å². The van der Waals surface area contributed by atoms with E-state index in [1.807, 2.05) is 6.92 Å². The molecule has 0 fully saturated rings. The van der Waals surface area contributed by atoms with Gasteiger partial charge < -0.3 is 16.0 Å². The number of nitrogens with two attached hydrogens (primary N) is 1. The maximum absolute atomic E-state index is 14.5. The number of amides is 1. The van der Waals surface area contributed by atoms with E-state index in [0.717, 1.165) is 31.2 Å². The summed E-state index contributed by atoms with van der Waals surface area (Å²) < 4.78 is 77.3. The van der Waals surface area contributed by atoms with Crippen LogP contribution >= 0.6 is 0 Å². The highest BCUT2D eigenvalue weighted by molar-refractivity contribution is 7.90. The first-order valence-corrected chi connectivity index (χ1v) is 12.4. The van der Waals surface area contributed by atoms with Crippen LogP contribution in [0.15, 0.2) is 29.2 Å². The van der Waals surface area contributed by atoms with Gasteiger partial charge in [-0.05, 0) is 31.0 Å². The third kappa shape index (κ3) is 6.37. The van der Waals surface area contributed by atoms with Crippen molar-refractivity contribution in [3.8, 4) is 0 Å². The zero-order valence-electron chi connectivity index (χ0n) is 19.3. The van der Waals surface area contributed by atoms with Crippen molar-refractivity contribution >= 4 is 27.2 Å². The lowest BCUT2D eigenvalue weighted by Crippen LogP contribution is -2.30. The summed E-state index contributed by atoms with van der Waals surface area (Å²) in [4.78, 5) is 17.5. The number of sulfone groups is 1.